The number of fused-ring (bicyclic) bond motifs is 3. The van der Waals surface area contributed by atoms with E-state index in [-0.39, 0.29) is 23.7 Å². The van der Waals surface area contributed by atoms with Gasteiger partial charge in [0.25, 0.3) is 5.91 Å². The van der Waals surface area contributed by atoms with Crippen molar-refractivity contribution in [2.75, 3.05) is 5.73 Å². The van der Waals surface area contributed by atoms with Gasteiger partial charge >= 0.3 is 6.18 Å². The number of benzene rings is 1. The predicted octanol–water partition coefficient (Wildman–Crippen LogP) is 4.08. The van der Waals surface area contributed by atoms with E-state index in [4.69, 9.17) is 5.73 Å². The average molecular weight is 524 g/mol. The van der Waals surface area contributed by atoms with Gasteiger partial charge in [0, 0.05) is 31.1 Å². The minimum absolute atomic E-state index is 0.165. The number of amides is 2. The van der Waals surface area contributed by atoms with Gasteiger partial charge in [0.15, 0.2) is 0 Å². The van der Waals surface area contributed by atoms with Gasteiger partial charge in [0.2, 0.25) is 5.91 Å². The molecule has 4 aromatic rings. The van der Waals surface area contributed by atoms with E-state index in [1.54, 1.807) is 36.1 Å². The van der Waals surface area contributed by atoms with Gasteiger partial charge in [-0.05, 0) is 55.5 Å². The molecule has 3 saturated carbocycles. The van der Waals surface area contributed by atoms with Crippen LogP contribution in [0, 0.1) is 5.92 Å². The predicted molar refractivity (Wildman–Crippen MR) is 132 cm³/mol. The zero-order chi connectivity index (χ0) is 27.0. The molecule has 0 aliphatic heterocycles. The number of carbonyl (C=O) groups is 2. The molecular weight excluding hydrogens is 499 g/mol. The van der Waals surface area contributed by atoms with Crippen molar-refractivity contribution in [3.05, 3.63) is 59.5 Å². The van der Waals surface area contributed by atoms with E-state index >= 15 is 0 Å². The molecule has 7 rings (SSSR count). The second-order valence-electron chi connectivity index (χ2n) is 10.2. The molecule has 12 heteroatoms. The van der Waals surface area contributed by atoms with Crippen molar-refractivity contribution in [3.63, 3.8) is 0 Å². The topological polar surface area (TPSA) is 110 Å². The molecule has 196 valence electrons. The molecule has 38 heavy (non-hydrogen) atoms. The highest BCUT2D eigenvalue weighted by molar-refractivity contribution is 6.10. The summed E-state index contributed by atoms with van der Waals surface area (Å²) in [6.07, 6.45) is 0.169. The number of rotatable bonds is 4. The van der Waals surface area contributed by atoms with Crippen LogP contribution < -0.4 is 5.73 Å². The van der Waals surface area contributed by atoms with Crippen LogP contribution >= 0.6 is 0 Å². The molecule has 0 spiro atoms. The first kappa shape index (κ1) is 24.1. The molecule has 0 atom stereocenters. The fourth-order valence-corrected chi connectivity index (χ4v) is 5.76. The number of alkyl halides is 3. The van der Waals surface area contributed by atoms with Crippen molar-refractivity contribution in [3.8, 4) is 0 Å². The Morgan fingerprint density at radius 3 is 2.45 bits per heavy atom. The van der Waals surface area contributed by atoms with Crippen molar-refractivity contribution >= 4 is 39.4 Å². The lowest BCUT2D eigenvalue weighted by Crippen LogP contribution is -2.73. The zero-order valence-electron chi connectivity index (χ0n) is 20.7. The Balaban J connectivity index is 1.43. The number of aryl methyl sites for hydroxylation is 1. The largest absolute Gasteiger partial charge is 0.417 e. The first-order chi connectivity index (χ1) is 18.0. The third kappa shape index (κ3) is 3.65. The van der Waals surface area contributed by atoms with E-state index in [9.17, 15) is 22.8 Å². The van der Waals surface area contributed by atoms with E-state index in [1.165, 1.54) is 23.0 Å². The number of aromatic nitrogens is 4. The standard InChI is InChI=1S/C26H24F3N7O2/c1-14(37)36(25-8-15(9-25)10-25)35(13-18-5-4-17(11-31-18)26(27,28)29)24(38)16-3-6-21-19(7-16)22-20(23(30)33-21)12-32-34(22)2/h3-7,11-12,15H,8-10,13H2,1-2H3,(H2,30,33). The van der Waals surface area contributed by atoms with Crippen LogP contribution in [0.4, 0.5) is 19.0 Å². The van der Waals surface area contributed by atoms with Gasteiger partial charge in [0.05, 0.1) is 46.0 Å². The monoisotopic (exact) mass is 523 g/mol. The number of halogens is 3. The Hall–Kier alpha value is -4.22. The smallest absolute Gasteiger partial charge is 0.383 e. The highest BCUT2D eigenvalue weighted by atomic mass is 19.4. The molecule has 0 unspecified atom stereocenters. The average Bonchev–Trinajstić information content (AvgIpc) is 3.20. The summed E-state index contributed by atoms with van der Waals surface area (Å²) in [5.74, 6) is 0.0581. The number of hydrogen-bond donors (Lipinski definition) is 1. The van der Waals surface area contributed by atoms with Crippen LogP contribution in [0.25, 0.3) is 21.8 Å². The van der Waals surface area contributed by atoms with Crippen molar-refractivity contribution in [1.82, 2.24) is 29.8 Å². The summed E-state index contributed by atoms with van der Waals surface area (Å²) >= 11 is 0. The van der Waals surface area contributed by atoms with E-state index in [2.05, 4.69) is 15.1 Å². The van der Waals surface area contributed by atoms with E-state index < -0.39 is 23.2 Å². The fourth-order valence-electron chi connectivity index (χ4n) is 5.76. The molecule has 3 heterocycles. The second-order valence-corrected chi connectivity index (χ2v) is 10.2. The van der Waals surface area contributed by atoms with Gasteiger partial charge in [-0.2, -0.15) is 18.3 Å². The Morgan fingerprint density at radius 2 is 1.87 bits per heavy atom. The molecule has 3 fully saturated rings. The van der Waals surface area contributed by atoms with E-state index in [0.29, 0.717) is 33.5 Å². The van der Waals surface area contributed by atoms with Crippen molar-refractivity contribution < 1.29 is 22.8 Å². The summed E-state index contributed by atoms with van der Waals surface area (Å²) in [4.78, 5) is 35.4. The number of nitrogens with two attached hydrogens (primary N) is 1. The van der Waals surface area contributed by atoms with Gasteiger partial charge < -0.3 is 5.73 Å². The van der Waals surface area contributed by atoms with Gasteiger partial charge in [-0.1, -0.05) is 0 Å². The van der Waals surface area contributed by atoms with Crippen LogP contribution in [0.3, 0.4) is 0 Å². The lowest BCUT2D eigenvalue weighted by atomic mass is 9.49. The molecule has 2 amide bonds. The molecule has 3 aromatic heterocycles. The van der Waals surface area contributed by atoms with Crippen LogP contribution in [0.15, 0.2) is 42.7 Å². The number of pyridine rings is 2. The highest BCUT2D eigenvalue weighted by Gasteiger charge is 2.63. The third-order valence-electron chi connectivity index (χ3n) is 7.65. The van der Waals surface area contributed by atoms with E-state index in [0.717, 1.165) is 31.5 Å². The normalized spacial score (nSPS) is 20.2. The number of nitrogens with zero attached hydrogens (tertiary/aromatic N) is 6. The lowest BCUT2D eigenvalue weighted by Gasteiger charge is -2.67. The Bertz CT molecular complexity index is 1600. The van der Waals surface area contributed by atoms with E-state index in [1.807, 2.05) is 0 Å². The number of anilines is 1. The molecule has 0 radical (unpaired) electrons. The van der Waals surface area contributed by atoms with Gasteiger partial charge in [-0.3, -0.25) is 19.3 Å². The Labute approximate surface area is 215 Å². The van der Waals surface area contributed by atoms with Gasteiger partial charge in [-0.15, -0.1) is 0 Å². The van der Waals surface area contributed by atoms with Crippen LogP contribution in [0.5, 0.6) is 0 Å². The van der Waals surface area contributed by atoms with Crippen LogP contribution in [-0.2, 0) is 24.6 Å². The SMILES string of the molecule is CC(=O)N(N(Cc1ccc(C(F)(F)F)cn1)C(=O)c1ccc2nc(N)c3cnn(C)c3c2c1)C12CC(C1)C2. The third-order valence-corrected chi connectivity index (χ3v) is 7.65. The Morgan fingerprint density at radius 1 is 1.13 bits per heavy atom. The van der Waals surface area contributed by atoms with Crippen LogP contribution in [0.1, 0.15) is 47.8 Å². The molecule has 3 aliphatic carbocycles. The van der Waals surface area contributed by atoms with Gasteiger partial charge in [-0.25, -0.2) is 15.0 Å². The number of hydrazine groups is 1. The van der Waals surface area contributed by atoms with Crippen LogP contribution in [0.2, 0.25) is 0 Å². The summed E-state index contributed by atoms with van der Waals surface area (Å²) in [6, 6.07) is 7.12. The molecular formula is C26H24F3N7O2. The number of nitrogen functional groups attached to an aromatic ring is 1. The zero-order valence-corrected chi connectivity index (χ0v) is 20.7. The molecule has 3 aliphatic rings. The summed E-state index contributed by atoms with van der Waals surface area (Å²) in [5, 5.41) is 8.38. The minimum Gasteiger partial charge on any atom is -0.383 e. The summed E-state index contributed by atoms with van der Waals surface area (Å²) in [7, 11) is 1.76. The van der Waals surface area contributed by atoms with Crippen molar-refractivity contribution in [2.45, 2.75) is 44.4 Å². The van der Waals surface area contributed by atoms with Crippen LogP contribution in [-0.4, -0.2) is 47.1 Å². The quantitative estimate of drug-likeness (QED) is 0.404. The molecule has 1 aromatic carbocycles. The first-order valence-corrected chi connectivity index (χ1v) is 12.1. The maximum Gasteiger partial charge on any atom is 0.417 e. The number of carbonyl (C=O) groups excluding carboxylic acids is 2. The van der Waals surface area contributed by atoms with Crippen molar-refractivity contribution in [1.29, 1.82) is 0 Å². The lowest BCUT2D eigenvalue weighted by molar-refractivity contribution is -0.217. The van der Waals surface area contributed by atoms with Gasteiger partial charge in [0.1, 0.15) is 5.82 Å². The minimum atomic E-state index is -4.53. The number of hydrogen-bond acceptors (Lipinski definition) is 6. The molecule has 2 N–H and O–H groups in total. The Kier molecular flexibility index (Phi) is 5.17. The summed E-state index contributed by atoms with van der Waals surface area (Å²) < 4.78 is 40.9. The molecule has 0 saturated heterocycles. The summed E-state index contributed by atoms with van der Waals surface area (Å²) in [5.41, 5.74) is 6.55. The second kappa shape index (κ2) is 8.14. The first-order valence-electron chi connectivity index (χ1n) is 12.1. The molecule has 2 bridgehead atoms. The molecule has 9 nitrogen and oxygen atoms in total. The van der Waals surface area contributed by atoms with Crippen molar-refractivity contribution in [2.24, 2.45) is 13.0 Å². The highest BCUT2D eigenvalue weighted by Crippen LogP contribution is 2.61. The fraction of sp³-hybridized carbons (Fsp3) is 0.346. The summed E-state index contributed by atoms with van der Waals surface area (Å²) in [6.45, 7) is 1.23. The maximum atomic E-state index is 14.1. The maximum absolute atomic E-state index is 14.1.